The van der Waals surface area contributed by atoms with Crippen LogP contribution in [0.3, 0.4) is 0 Å². The van der Waals surface area contributed by atoms with Crippen LogP contribution in [0, 0.1) is 11.8 Å². The van der Waals surface area contributed by atoms with Crippen molar-refractivity contribution in [2.45, 2.75) is 32.4 Å². The summed E-state index contributed by atoms with van der Waals surface area (Å²) in [5, 5.41) is 5.89. The SMILES string of the molecule is C[C@@H]1C[C@H](C)CN(c2ccc(N3C(=S)N[C@@H](c4ccccn4)[C@@H]3c3cccn3-c3nc4ccccc4s3)cc2Cl)C1. The normalized spacial score (nSPS) is 22.9. The maximum Gasteiger partial charge on any atom is 0.194 e. The van der Waals surface area contributed by atoms with Gasteiger partial charge in [0.15, 0.2) is 10.2 Å². The van der Waals surface area contributed by atoms with E-state index in [1.807, 2.05) is 24.4 Å². The molecule has 0 amide bonds. The molecule has 0 saturated carbocycles. The molecule has 208 valence electrons. The number of thiocarbonyl (C=S) groups is 1. The van der Waals surface area contributed by atoms with E-state index in [1.54, 1.807) is 11.3 Å². The second-order valence-corrected chi connectivity index (χ2v) is 13.1. The predicted molar refractivity (Wildman–Crippen MR) is 173 cm³/mol. The molecule has 0 unspecified atom stereocenters. The zero-order valence-corrected chi connectivity index (χ0v) is 25.3. The van der Waals surface area contributed by atoms with Crippen molar-refractivity contribution in [3.63, 3.8) is 0 Å². The van der Waals surface area contributed by atoms with E-state index in [9.17, 15) is 0 Å². The van der Waals surface area contributed by atoms with Crippen molar-refractivity contribution < 1.29 is 0 Å². The van der Waals surface area contributed by atoms with Crippen molar-refractivity contribution in [2.75, 3.05) is 22.9 Å². The van der Waals surface area contributed by atoms with Crippen LogP contribution in [-0.2, 0) is 0 Å². The average molecular weight is 599 g/mol. The summed E-state index contributed by atoms with van der Waals surface area (Å²) in [6, 6.07) is 24.5. The Morgan fingerprint density at radius 2 is 1.78 bits per heavy atom. The number of thiazole rings is 1. The summed E-state index contributed by atoms with van der Waals surface area (Å²) in [5.41, 5.74) is 5.04. The van der Waals surface area contributed by atoms with E-state index in [-0.39, 0.29) is 12.1 Å². The molecular weight excluding hydrogens is 568 g/mol. The average Bonchev–Trinajstić information content (AvgIpc) is 3.69. The molecule has 0 spiro atoms. The first kappa shape index (κ1) is 26.4. The van der Waals surface area contributed by atoms with Crippen LogP contribution >= 0.6 is 35.2 Å². The molecule has 2 aliphatic heterocycles. The fourth-order valence-corrected chi connectivity index (χ4v) is 8.08. The lowest BCUT2D eigenvalue weighted by atomic mass is 9.91. The van der Waals surface area contributed by atoms with Crippen molar-refractivity contribution in [2.24, 2.45) is 11.8 Å². The van der Waals surface area contributed by atoms with Crippen LogP contribution in [0.4, 0.5) is 11.4 Å². The minimum Gasteiger partial charge on any atom is -0.370 e. The van der Waals surface area contributed by atoms with Crippen molar-refractivity contribution in [1.82, 2.24) is 19.9 Å². The molecule has 41 heavy (non-hydrogen) atoms. The number of aromatic nitrogens is 3. The van der Waals surface area contributed by atoms with Crippen LogP contribution in [0.1, 0.15) is 43.7 Å². The van der Waals surface area contributed by atoms with Gasteiger partial charge < -0.3 is 15.1 Å². The fourth-order valence-electron chi connectivity index (χ4n) is 6.47. The van der Waals surface area contributed by atoms with E-state index in [2.05, 4.69) is 94.3 Å². The molecule has 0 aliphatic carbocycles. The Bertz CT molecular complexity index is 1670. The van der Waals surface area contributed by atoms with Gasteiger partial charge in [0.1, 0.15) is 6.04 Å². The molecule has 1 N–H and O–H groups in total. The Labute approximate surface area is 254 Å². The van der Waals surface area contributed by atoms with Gasteiger partial charge in [-0.25, -0.2) is 4.98 Å². The van der Waals surface area contributed by atoms with Gasteiger partial charge in [-0.05, 0) is 85.1 Å². The van der Waals surface area contributed by atoms with Crippen LogP contribution < -0.4 is 15.1 Å². The van der Waals surface area contributed by atoms with E-state index >= 15 is 0 Å². The number of hydrogen-bond acceptors (Lipinski definition) is 5. The third kappa shape index (κ3) is 4.88. The molecule has 0 radical (unpaired) electrons. The molecule has 7 rings (SSSR count). The molecule has 5 aromatic rings. The number of benzene rings is 2. The highest BCUT2D eigenvalue weighted by molar-refractivity contribution is 7.80. The van der Waals surface area contributed by atoms with E-state index in [4.69, 9.17) is 33.8 Å². The molecule has 2 aromatic carbocycles. The molecule has 0 bridgehead atoms. The highest BCUT2D eigenvalue weighted by Crippen LogP contribution is 2.44. The number of fused-ring (bicyclic) bond motifs is 1. The largest absolute Gasteiger partial charge is 0.370 e. The van der Waals surface area contributed by atoms with E-state index in [0.717, 1.165) is 56.2 Å². The predicted octanol–water partition coefficient (Wildman–Crippen LogP) is 7.79. The number of pyridine rings is 1. The second kappa shape index (κ2) is 10.7. The summed E-state index contributed by atoms with van der Waals surface area (Å²) < 4.78 is 3.34. The summed E-state index contributed by atoms with van der Waals surface area (Å²) in [6.07, 6.45) is 5.17. The lowest BCUT2D eigenvalue weighted by Crippen LogP contribution is -2.38. The highest BCUT2D eigenvalue weighted by atomic mass is 35.5. The van der Waals surface area contributed by atoms with Gasteiger partial charge in [-0.1, -0.05) is 55.0 Å². The number of halogens is 1. The van der Waals surface area contributed by atoms with Gasteiger partial charge in [-0.15, -0.1) is 0 Å². The van der Waals surface area contributed by atoms with Crippen molar-refractivity contribution in [3.8, 4) is 5.13 Å². The lowest BCUT2D eigenvalue weighted by Gasteiger charge is -2.37. The van der Waals surface area contributed by atoms with E-state index in [1.165, 1.54) is 6.42 Å². The quantitative estimate of drug-likeness (QED) is 0.208. The molecule has 3 aromatic heterocycles. The summed E-state index contributed by atoms with van der Waals surface area (Å²) in [6.45, 7) is 6.69. The number of nitrogens with one attached hydrogen (secondary N) is 1. The molecule has 2 aliphatic rings. The molecule has 9 heteroatoms. The Hall–Kier alpha value is -3.46. The minimum absolute atomic E-state index is 0.158. The van der Waals surface area contributed by atoms with Gasteiger partial charge in [0.25, 0.3) is 0 Å². The van der Waals surface area contributed by atoms with Gasteiger partial charge in [-0.2, -0.15) is 0 Å². The van der Waals surface area contributed by atoms with Gasteiger partial charge >= 0.3 is 0 Å². The summed E-state index contributed by atoms with van der Waals surface area (Å²) in [5.74, 6) is 1.28. The minimum atomic E-state index is -0.170. The number of nitrogens with zero attached hydrogens (tertiary/aromatic N) is 5. The molecule has 2 saturated heterocycles. The third-order valence-electron chi connectivity index (χ3n) is 8.09. The number of piperidine rings is 1. The monoisotopic (exact) mass is 598 g/mol. The first-order valence-corrected chi connectivity index (χ1v) is 15.6. The topological polar surface area (TPSA) is 49.2 Å². The van der Waals surface area contributed by atoms with Crippen LogP contribution in [0.25, 0.3) is 15.3 Å². The summed E-state index contributed by atoms with van der Waals surface area (Å²) >= 11 is 14.7. The molecule has 5 heterocycles. The zero-order valence-electron chi connectivity index (χ0n) is 22.9. The lowest BCUT2D eigenvalue weighted by molar-refractivity contribution is 0.357. The highest BCUT2D eigenvalue weighted by Gasteiger charge is 2.42. The fraction of sp³-hybridized carbons (Fsp3) is 0.281. The Morgan fingerprint density at radius 1 is 0.976 bits per heavy atom. The van der Waals surface area contributed by atoms with Crippen LogP contribution in [0.5, 0.6) is 0 Å². The summed E-state index contributed by atoms with van der Waals surface area (Å²) in [4.78, 5) is 14.3. The standard InChI is InChI=1S/C32H31ClN6S2/c1-20-16-21(2)19-37(18-20)26-13-12-22(17-23(26)33)39-30(29(36-31(39)40)25-9-5-6-14-34-25)27-10-7-15-38(27)32-35-24-8-3-4-11-28(24)41-32/h3-15,17,20-21,29-30H,16,18-19H2,1-2H3,(H,36,40)/t20-,21+,29-,30-/m0/s1. The van der Waals surface area contributed by atoms with Crippen LogP contribution in [-0.4, -0.2) is 32.7 Å². The maximum atomic E-state index is 7.02. The van der Waals surface area contributed by atoms with Crippen LogP contribution in [0.2, 0.25) is 5.02 Å². The number of hydrogen-bond donors (Lipinski definition) is 1. The first-order valence-electron chi connectivity index (χ1n) is 14.0. The van der Waals surface area contributed by atoms with Crippen molar-refractivity contribution in [3.05, 3.63) is 102 Å². The van der Waals surface area contributed by atoms with Gasteiger partial charge in [0.05, 0.1) is 38.4 Å². The molecule has 6 nitrogen and oxygen atoms in total. The Morgan fingerprint density at radius 3 is 2.54 bits per heavy atom. The number of para-hydroxylation sites is 1. The van der Waals surface area contributed by atoms with Crippen LogP contribution in [0.15, 0.2) is 85.2 Å². The Kier molecular flexibility index (Phi) is 6.93. The Balaban J connectivity index is 1.31. The van der Waals surface area contributed by atoms with Crippen molar-refractivity contribution >= 4 is 61.9 Å². The number of anilines is 2. The first-order chi connectivity index (χ1) is 20.0. The van der Waals surface area contributed by atoms with Gasteiger partial charge in [0, 0.05) is 31.2 Å². The molecule has 4 atom stereocenters. The third-order valence-corrected chi connectivity index (χ3v) is 9.74. The van der Waals surface area contributed by atoms with Crippen molar-refractivity contribution in [1.29, 1.82) is 0 Å². The molecule has 2 fully saturated rings. The number of rotatable bonds is 5. The van der Waals surface area contributed by atoms with Gasteiger partial charge in [0.2, 0.25) is 0 Å². The van der Waals surface area contributed by atoms with E-state index < -0.39 is 0 Å². The molecular formula is C32H31ClN6S2. The van der Waals surface area contributed by atoms with Gasteiger partial charge in [-0.3, -0.25) is 9.55 Å². The zero-order chi connectivity index (χ0) is 28.1. The second-order valence-electron chi connectivity index (χ2n) is 11.3. The maximum absolute atomic E-state index is 7.02. The smallest absolute Gasteiger partial charge is 0.194 e. The summed E-state index contributed by atoms with van der Waals surface area (Å²) in [7, 11) is 0. The van der Waals surface area contributed by atoms with E-state index in [0.29, 0.717) is 16.9 Å².